The molecule has 8 heteroatoms. The maximum atomic E-state index is 14.1. The first-order valence-corrected chi connectivity index (χ1v) is 10.5. The normalized spacial score (nSPS) is 26.0. The number of likely N-dealkylation sites (tertiary alicyclic amines) is 2. The van der Waals surface area contributed by atoms with Crippen LogP contribution in [0.1, 0.15) is 40.2 Å². The lowest BCUT2D eigenvalue weighted by atomic mass is 9.71. The molecule has 1 amide bonds. The fourth-order valence-electron chi connectivity index (χ4n) is 4.56. The quantitative estimate of drug-likeness (QED) is 0.851. The summed E-state index contributed by atoms with van der Waals surface area (Å²) in [5.41, 5.74) is 0.952. The predicted molar refractivity (Wildman–Crippen MR) is 105 cm³/mol. The van der Waals surface area contributed by atoms with Gasteiger partial charge in [-0.1, -0.05) is 22.7 Å². The van der Waals surface area contributed by atoms with Gasteiger partial charge in [-0.15, -0.1) is 5.10 Å². The van der Waals surface area contributed by atoms with Crippen LogP contribution in [0.15, 0.2) is 24.3 Å². The van der Waals surface area contributed by atoms with Crippen molar-refractivity contribution in [2.75, 3.05) is 26.2 Å². The highest BCUT2D eigenvalue weighted by atomic mass is 32.1. The number of halogens is 1. The molecule has 2 atom stereocenters. The Balaban J connectivity index is 1.51. The topological polar surface area (TPSA) is 69.6 Å². The van der Waals surface area contributed by atoms with E-state index in [4.69, 9.17) is 0 Å². The molecule has 2 fully saturated rings. The second kappa shape index (κ2) is 7.85. The van der Waals surface area contributed by atoms with Crippen molar-refractivity contribution in [3.63, 3.8) is 0 Å². The molecule has 0 saturated carbocycles. The number of hydrogen-bond donors (Lipinski definition) is 1. The minimum absolute atomic E-state index is 0.0509. The van der Waals surface area contributed by atoms with Crippen molar-refractivity contribution in [1.82, 2.24) is 19.4 Å². The van der Waals surface area contributed by atoms with Crippen molar-refractivity contribution in [2.24, 2.45) is 5.41 Å². The summed E-state index contributed by atoms with van der Waals surface area (Å²) in [6, 6.07) is 6.83. The van der Waals surface area contributed by atoms with Gasteiger partial charge in [-0.3, -0.25) is 9.69 Å². The number of hydrogen-bond acceptors (Lipinski definition) is 6. The van der Waals surface area contributed by atoms with Crippen LogP contribution in [0.5, 0.6) is 0 Å². The maximum Gasteiger partial charge on any atom is 0.267 e. The Morgan fingerprint density at radius 2 is 2.18 bits per heavy atom. The second-order valence-corrected chi connectivity index (χ2v) is 8.74. The highest BCUT2D eigenvalue weighted by Crippen LogP contribution is 2.40. The molecule has 2 aliphatic rings. The number of aliphatic hydroxyl groups excluding tert-OH is 1. The summed E-state index contributed by atoms with van der Waals surface area (Å²) in [5.74, 6) is -0.249. The first-order valence-electron chi connectivity index (χ1n) is 9.70. The Labute approximate surface area is 168 Å². The van der Waals surface area contributed by atoms with Gasteiger partial charge in [-0.25, -0.2) is 4.39 Å². The third kappa shape index (κ3) is 3.68. The molecule has 2 aliphatic heterocycles. The van der Waals surface area contributed by atoms with E-state index in [1.165, 1.54) is 6.07 Å². The lowest BCUT2D eigenvalue weighted by Crippen LogP contribution is -2.59. The van der Waals surface area contributed by atoms with Crippen LogP contribution in [0, 0.1) is 18.2 Å². The molecule has 0 bridgehead atoms. The smallest absolute Gasteiger partial charge is 0.267 e. The van der Waals surface area contributed by atoms with Gasteiger partial charge in [0, 0.05) is 37.2 Å². The number of carbonyl (C=O) groups is 1. The van der Waals surface area contributed by atoms with Crippen LogP contribution < -0.4 is 0 Å². The fourth-order valence-corrected chi connectivity index (χ4v) is 5.18. The van der Waals surface area contributed by atoms with Crippen molar-refractivity contribution < 1.29 is 14.3 Å². The molecule has 0 radical (unpaired) electrons. The standard InChI is InChI=1S/C20H25FN4O2S/c1-14-18(28-23-22-14)19(27)25-10-7-17(26)20(13-25)8-4-9-24(12-20)11-15-5-2-3-6-16(15)21/h2-3,5-6,17,26H,4,7-13H2,1H3/t17-,20+/m0/s1. The zero-order chi connectivity index (χ0) is 19.7. The number of aryl methyl sites for hydroxylation is 1. The van der Waals surface area contributed by atoms with Crippen LogP contribution in [0.4, 0.5) is 4.39 Å². The Morgan fingerprint density at radius 3 is 2.93 bits per heavy atom. The lowest BCUT2D eigenvalue weighted by Gasteiger charge is -2.51. The first-order chi connectivity index (χ1) is 13.5. The Kier molecular flexibility index (Phi) is 5.44. The van der Waals surface area contributed by atoms with Crippen molar-refractivity contribution >= 4 is 17.4 Å². The van der Waals surface area contributed by atoms with Crippen LogP contribution in [0.2, 0.25) is 0 Å². The second-order valence-electron chi connectivity index (χ2n) is 7.99. The van der Waals surface area contributed by atoms with Crippen molar-refractivity contribution in [2.45, 2.75) is 38.8 Å². The number of nitrogens with zero attached hydrogens (tertiary/aromatic N) is 4. The molecule has 150 valence electrons. The number of amides is 1. The van der Waals surface area contributed by atoms with E-state index in [-0.39, 0.29) is 17.1 Å². The van der Waals surface area contributed by atoms with Crippen molar-refractivity contribution in [3.8, 4) is 0 Å². The zero-order valence-electron chi connectivity index (χ0n) is 16.0. The fraction of sp³-hybridized carbons (Fsp3) is 0.550. The molecular weight excluding hydrogens is 379 g/mol. The molecule has 2 saturated heterocycles. The summed E-state index contributed by atoms with van der Waals surface area (Å²) >= 11 is 1.12. The Bertz CT molecular complexity index is 860. The molecule has 0 aliphatic carbocycles. The van der Waals surface area contributed by atoms with E-state index in [0.29, 0.717) is 48.7 Å². The van der Waals surface area contributed by atoms with Crippen LogP contribution >= 0.6 is 11.5 Å². The van der Waals surface area contributed by atoms with Crippen molar-refractivity contribution in [1.29, 1.82) is 0 Å². The molecule has 3 heterocycles. The van der Waals surface area contributed by atoms with Gasteiger partial charge in [0.2, 0.25) is 0 Å². The third-order valence-corrected chi connectivity index (χ3v) is 6.87. The van der Waals surface area contributed by atoms with Gasteiger partial charge in [0.15, 0.2) is 0 Å². The van der Waals surface area contributed by atoms with Crippen LogP contribution in [0.25, 0.3) is 0 Å². The van der Waals surface area contributed by atoms with Gasteiger partial charge in [-0.05, 0) is 50.3 Å². The summed E-state index contributed by atoms with van der Waals surface area (Å²) < 4.78 is 18.0. The monoisotopic (exact) mass is 404 g/mol. The highest BCUT2D eigenvalue weighted by Gasteiger charge is 2.46. The van der Waals surface area contributed by atoms with Gasteiger partial charge < -0.3 is 10.0 Å². The van der Waals surface area contributed by atoms with Gasteiger partial charge in [0.1, 0.15) is 10.7 Å². The van der Waals surface area contributed by atoms with E-state index in [2.05, 4.69) is 14.5 Å². The van der Waals surface area contributed by atoms with Crippen LogP contribution in [-0.2, 0) is 6.54 Å². The number of aromatic nitrogens is 2. The van der Waals surface area contributed by atoms with Crippen LogP contribution in [0.3, 0.4) is 0 Å². The summed E-state index contributed by atoms with van der Waals surface area (Å²) in [4.78, 5) is 17.6. The van der Waals surface area contributed by atoms with E-state index in [0.717, 1.165) is 30.9 Å². The van der Waals surface area contributed by atoms with E-state index in [1.807, 2.05) is 17.0 Å². The maximum absolute atomic E-state index is 14.1. The number of piperidine rings is 2. The van der Waals surface area contributed by atoms with Gasteiger partial charge in [0.05, 0.1) is 11.8 Å². The van der Waals surface area contributed by atoms with E-state index < -0.39 is 6.10 Å². The van der Waals surface area contributed by atoms with Gasteiger partial charge >= 0.3 is 0 Å². The van der Waals surface area contributed by atoms with E-state index in [1.54, 1.807) is 13.0 Å². The molecule has 0 unspecified atom stereocenters. The minimum Gasteiger partial charge on any atom is -0.392 e. The van der Waals surface area contributed by atoms with E-state index in [9.17, 15) is 14.3 Å². The van der Waals surface area contributed by atoms with Crippen LogP contribution in [-0.4, -0.2) is 62.7 Å². The molecule has 4 rings (SSSR count). The molecule has 2 aromatic rings. The average molecular weight is 405 g/mol. The number of benzene rings is 1. The summed E-state index contributed by atoms with van der Waals surface area (Å²) in [7, 11) is 0. The molecule has 1 aromatic carbocycles. The number of rotatable bonds is 3. The Hall–Kier alpha value is -1.90. The third-order valence-electron chi connectivity index (χ3n) is 6.06. The predicted octanol–water partition coefficient (Wildman–Crippen LogP) is 2.47. The van der Waals surface area contributed by atoms with Gasteiger partial charge in [-0.2, -0.15) is 0 Å². The summed E-state index contributed by atoms with van der Waals surface area (Å²) in [6.45, 7) is 4.89. The van der Waals surface area contributed by atoms with Gasteiger partial charge in [0.25, 0.3) is 5.91 Å². The molecule has 28 heavy (non-hydrogen) atoms. The number of aliphatic hydroxyl groups is 1. The first kappa shape index (κ1) is 19.4. The van der Waals surface area contributed by atoms with E-state index >= 15 is 0 Å². The number of carbonyl (C=O) groups excluding carboxylic acids is 1. The summed E-state index contributed by atoms with van der Waals surface area (Å²) in [6.07, 6.45) is 1.89. The largest absolute Gasteiger partial charge is 0.392 e. The van der Waals surface area contributed by atoms with Crippen molar-refractivity contribution in [3.05, 3.63) is 46.2 Å². The molecule has 6 nitrogen and oxygen atoms in total. The SMILES string of the molecule is Cc1nnsc1C(=O)N1CC[C@H](O)[C@@]2(CCCN(Cc3ccccc3F)C2)C1. The summed E-state index contributed by atoms with van der Waals surface area (Å²) in [5, 5.41) is 14.8. The highest BCUT2D eigenvalue weighted by molar-refractivity contribution is 7.07. The molecular formula is C20H25FN4O2S. The molecule has 1 spiro atoms. The Morgan fingerprint density at radius 1 is 1.36 bits per heavy atom. The lowest BCUT2D eigenvalue weighted by molar-refractivity contribution is -0.0785. The molecule has 1 N–H and O–H groups in total. The molecule has 1 aromatic heterocycles. The minimum atomic E-state index is -0.458. The zero-order valence-corrected chi connectivity index (χ0v) is 16.8. The average Bonchev–Trinajstić information content (AvgIpc) is 3.12.